The number of carbonyl (C=O) groups is 3. The third kappa shape index (κ3) is 3.84. The first-order chi connectivity index (χ1) is 12.8. The molecule has 27 heavy (non-hydrogen) atoms. The molecule has 9 heteroatoms. The lowest BCUT2D eigenvalue weighted by Crippen LogP contribution is -2.41. The zero-order chi connectivity index (χ0) is 19.7. The van der Waals surface area contributed by atoms with Crippen LogP contribution in [0.5, 0.6) is 0 Å². The molecule has 0 aliphatic carbocycles. The second kappa shape index (κ2) is 7.69. The highest BCUT2D eigenvalue weighted by molar-refractivity contribution is 9.10. The Labute approximate surface area is 163 Å². The van der Waals surface area contributed by atoms with Crippen molar-refractivity contribution in [2.45, 2.75) is 37.9 Å². The summed E-state index contributed by atoms with van der Waals surface area (Å²) in [4.78, 5) is 36.1. The molecule has 3 N–H and O–H groups in total. The number of fused-ring (bicyclic) bond motifs is 1. The van der Waals surface area contributed by atoms with E-state index in [0.29, 0.717) is 35.9 Å². The van der Waals surface area contributed by atoms with Gasteiger partial charge in [0.2, 0.25) is 0 Å². The smallest absolute Gasteiger partial charge is 0.325 e. The summed E-state index contributed by atoms with van der Waals surface area (Å²) in [7, 11) is 0. The molecule has 2 atom stereocenters. The number of hydrogen-bond acceptors (Lipinski definition) is 4. The maximum Gasteiger partial charge on any atom is 0.325 e. The van der Waals surface area contributed by atoms with E-state index in [-0.39, 0.29) is 13.0 Å². The third-order valence-electron chi connectivity index (χ3n) is 4.88. The summed E-state index contributed by atoms with van der Waals surface area (Å²) in [5.74, 6) is -3.10. The lowest BCUT2D eigenvalue weighted by molar-refractivity contribution is -0.149. The number of likely N-dealkylation sites (tertiary alicyclic amines) is 1. The second-order valence-corrected chi connectivity index (χ2v) is 7.47. The Kier molecular flexibility index (Phi) is 5.52. The molecule has 1 fully saturated rings. The van der Waals surface area contributed by atoms with Crippen LogP contribution in [-0.4, -0.2) is 55.3 Å². The molecule has 0 spiro atoms. The molecule has 2 heterocycles. The van der Waals surface area contributed by atoms with Crippen molar-refractivity contribution in [1.29, 1.82) is 0 Å². The highest BCUT2D eigenvalue weighted by Gasteiger charge is 2.40. The Morgan fingerprint density at radius 3 is 2.59 bits per heavy atom. The summed E-state index contributed by atoms with van der Waals surface area (Å²) in [6.07, 6.45) is 2.55. The van der Waals surface area contributed by atoms with Crippen LogP contribution in [0.25, 0.3) is 10.9 Å². The van der Waals surface area contributed by atoms with Gasteiger partial charge in [-0.2, -0.15) is 0 Å². The monoisotopic (exact) mass is 438 g/mol. The molecule has 1 aromatic carbocycles. The summed E-state index contributed by atoms with van der Waals surface area (Å²) in [6.45, 7) is 0.573. The van der Waals surface area contributed by atoms with Crippen molar-refractivity contribution < 1.29 is 29.7 Å². The highest BCUT2D eigenvalue weighted by atomic mass is 79.9. The minimum atomic E-state index is -1.12. The van der Waals surface area contributed by atoms with Crippen LogP contribution in [0.2, 0.25) is 0 Å². The number of halogens is 1. The van der Waals surface area contributed by atoms with E-state index in [1.54, 1.807) is 29.0 Å². The zero-order valence-electron chi connectivity index (χ0n) is 14.3. The van der Waals surface area contributed by atoms with Crippen LogP contribution in [0, 0.1) is 0 Å². The molecule has 2 aromatic rings. The van der Waals surface area contributed by atoms with Crippen LogP contribution >= 0.6 is 15.9 Å². The summed E-state index contributed by atoms with van der Waals surface area (Å²) in [5.41, 5.74) is 1.18. The molecule has 144 valence electrons. The van der Waals surface area contributed by atoms with Gasteiger partial charge in [0.1, 0.15) is 12.1 Å². The first-order valence-electron chi connectivity index (χ1n) is 8.51. The minimum Gasteiger partial charge on any atom is -0.481 e. The fraction of sp³-hybridized carbons (Fsp3) is 0.389. The molecule has 8 nitrogen and oxygen atoms in total. The third-order valence-corrected chi connectivity index (χ3v) is 5.37. The van der Waals surface area contributed by atoms with Crippen LogP contribution in [-0.2, 0) is 20.9 Å². The van der Waals surface area contributed by atoms with Gasteiger partial charge in [-0.05, 0) is 25.0 Å². The van der Waals surface area contributed by atoms with E-state index >= 15 is 0 Å². The molecule has 0 radical (unpaired) electrons. The number of nitrogens with zero attached hydrogens (tertiary/aromatic N) is 2. The average Bonchev–Trinajstić information content (AvgIpc) is 3.18. The zero-order valence-corrected chi connectivity index (χ0v) is 15.9. The van der Waals surface area contributed by atoms with Crippen LogP contribution in [0.4, 0.5) is 0 Å². The van der Waals surface area contributed by atoms with Gasteiger partial charge in [0, 0.05) is 40.2 Å². The molecule has 3 rings (SSSR count). The van der Waals surface area contributed by atoms with Gasteiger partial charge >= 0.3 is 17.9 Å². The Balaban J connectivity index is 2.11. The largest absolute Gasteiger partial charge is 0.481 e. The van der Waals surface area contributed by atoms with Gasteiger partial charge in [-0.25, -0.2) is 0 Å². The Hall–Kier alpha value is -2.39. The second-order valence-electron chi connectivity index (χ2n) is 6.56. The number of benzene rings is 1. The van der Waals surface area contributed by atoms with Gasteiger partial charge in [-0.15, -0.1) is 0 Å². The van der Waals surface area contributed by atoms with E-state index < -0.39 is 30.0 Å². The summed E-state index contributed by atoms with van der Waals surface area (Å²) >= 11 is 3.38. The van der Waals surface area contributed by atoms with Gasteiger partial charge in [-0.3, -0.25) is 19.3 Å². The molecule has 0 bridgehead atoms. The summed E-state index contributed by atoms with van der Waals surface area (Å²) < 4.78 is 2.50. The number of rotatable bonds is 7. The molecular weight excluding hydrogens is 420 g/mol. The fourth-order valence-electron chi connectivity index (χ4n) is 3.73. The molecule has 1 aliphatic heterocycles. The number of aryl methyl sites for hydroxylation is 1. The number of aromatic nitrogens is 1. The van der Waals surface area contributed by atoms with E-state index in [1.807, 2.05) is 0 Å². The predicted molar refractivity (Wildman–Crippen MR) is 99.6 cm³/mol. The Morgan fingerprint density at radius 2 is 1.96 bits per heavy atom. The first kappa shape index (κ1) is 19.4. The maximum atomic E-state index is 12.1. The molecule has 1 saturated heterocycles. The van der Waals surface area contributed by atoms with E-state index in [4.69, 9.17) is 5.11 Å². The molecule has 0 amide bonds. The van der Waals surface area contributed by atoms with Crippen LogP contribution in [0.15, 0.2) is 28.9 Å². The predicted octanol–water partition coefficient (Wildman–Crippen LogP) is 2.55. The number of hydrogen-bond donors (Lipinski definition) is 3. The van der Waals surface area contributed by atoms with Gasteiger partial charge in [0.25, 0.3) is 0 Å². The van der Waals surface area contributed by atoms with Gasteiger partial charge in [0.15, 0.2) is 0 Å². The lowest BCUT2D eigenvalue weighted by atomic mass is 10.0. The number of aliphatic carboxylic acids is 3. The SMILES string of the molecule is O=C(O)CCn1cc(C(C(=O)O)N2CCC[C@H]2C(=O)O)c2ccc(Br)cc21. The van der Waals surface area contributed by atoms with Crippen LogP contribution < -0.4 is 0 Å². The van der Waals surface area contributed by atoms with Crippen molar-refractivity contribution in [1.82, 2.24) is 9.47 Å². The summed E-state index contributed by atoms with van der Waals surface area (Å²) in [6, 6.07) is 3.40. The van der Waals surface area contributed by atoms with Crippen molar-refractivity contribution in [2.24, 2.45) is 0 Å². The normalized spacial score (nSPS) is 18.6. The van der Waals surface area contributed by atoms with Gasteiger partial charge in [0.05, 0.1) is 6.42 Å². The molecular formula is C18H19BrN2O6. The van der Waals surface area contributed by atoms with Crippen molar-refractivity contribution in [3.63, 3.8) is 0 Å². The standard InChI is InChI=1S/C18H19BrN2O6/c19-10-3-4-11-12(9-20(14(11)8-10)7-5-15(22)23)16(18(26)27)21-6-1-2-13(21)17(24)25/h3-4,8-9,13,16H,1-2,5-7H2,(H,22,23)(H,24,25)(H,26,27)/t13-,16?/m0/s1. The summed E-state index contributed by atoms with van der Waals surface area (Å²) in [5, 5.41) is 29.0. The van der Waals surface area contributed by atoms with Gasteiger partial charge < -0.3 is 19.9 Å². The molecule has 1 aromatic heterocycles. The fourth-order valence-corrected chi connectivity index (χ4v) is 4.08. The first-order valence-corrected chi connectivity index (χ1v) is 9.30. The van der Waals surface area contributed by atoms with Crippen molar-refractivity contribution in [3.05, 3.63) is 34.4 Å². The molecule has 0 saturated carbocycles. The van der Waals surface area contributed by atoms with Crippen molar-refractivity contribution >= 4 is 44.7 Å². The highest BCUT2D eigenvalue weighted by Crippen LogP contribution is 2.36. The molecule has 1 unspecified atom stereocenters. The van der Waals surface area contributed by atoms with Gasteiger partial charge in [-0.1, -0.05) is 22.0 Å². The topological polar surface area (TPSA) is 120 Å². The van der Waals surface area contributed by atoms with E-state index in [2.05, 4.69) is 15.9 Å². The van der Waals surface area contributed by atoms with E-state index in [9.17, 15) is 24.6 Å². The average molecular weight is 439 g/mol. The van der Waals surface area contributed by atoms with E-state index in [0.717, 1.165) is 4.47 Å². The van der Waals surface area contributed by atoms with Crippen LogP contribution in [0.3, 0.4) is 0 Å². The maximum absolute atomic E-state index is 12.1. The number of carboxylic acid groups (broad SMARTS) is 3. The van der Waals surface area contributed by atoms with E-state index in [1.165, 1.54) is 4.90 Å². The Bertz CT molecular complexity index is 909. The quantitative estimate of drug-likeness (QED) is 0.607. The lowest BCUT2D eigenvalue weighted by Gasteiger charge is -2.27. The Morgan fingerprint density at radius 1 is 1.22 bits per heavy atom. The van der Waals surface area contributed by atoms with Crippen molar-refractivity contribution in [3.8, 4) is 0 Å². The minimum absolute atomic E-state index is 0.102. The van der Waals surface area contributed by atoms with Crippen LogP contribution in [0.1, 0.15) is 30.9 Å². The number of carboxylic acids is 3. The van der Waals surface area contributed by atoms with Crippen molar-refractivity contribution in [2.75, 3.05) is 6.54 Å². The molecule has 1 aliphatic rings.